The lowest BCUT2D eigenvalue weighted by Gasteiger charge is -2.13. The summed E-state index contributed by atoms with van der Waals surface area (Å²) in [6.07, 6.45) is 1.09. The van der Waals surface area contributed by atoms with Crippen molar-refractivity contribution in [2.75, 3.05) is 18.1 Å². The van der Waals surface area contributed by atoms with Gasteiger partial charge in [0.25, 0.3) is 0 Å². The molecule has 0 radical (unpaired) electrons. The van der Waals surface area contributed by atoms with Crippen LogP contribution in [0, 0.1) is 0 Å². The highest BCUT2D eigenvalue weighted by Crippen LogP contribution is 2.30. The quantitative estimate of drug-likeness (QED) is 0.891. The fourth-order valence-electron chi connectivity index (χ4n) is 1.78. The van der Waals surface area contributed by atoms with E-state index in [9.17, 15) is 8.42 Å². The van der Waals surface area contributed by atoms with Gasteiger partial charge in [0.05, 0.1) is 19.1 Å². The Morgan fingerprint density at radius 3 is 2.43 bits per heavy atom. The molecule has 6 heteroatoms. The summed E-state index contributed by atoms with van der Waals surface area (Å²) in [6.45, 7) is 0.353. The third kappa shape index (κ3) is 4.68. The highest BCUT2D eigenvalue weighted by molar-refractivity contribution is 7.92. The molecule has 0 aliphatic carbocycles. The molecule has 0 heterocycles. The number of methoxy groups -OCH3 is 1. The van der Waals surface area contributed by atoms with E-state index in [2.05, 4.69) is 4.72 Å². The number of benzene rings is 2. The number of sulfonamides is 1. The van der Waals surface area contributed by atoms with Crippen LogP contribution in [0.5, 0.6) is 11.5 Å². The summed E-state index contributed by atoms with van der Waals surface area (Å²) in [4.78, 5) is 0. The second-order valence-corrected chi connectivity index (χ2v) is 6.26. The zero-order chi connectivity index (χ0) is 15.3. The van der Waals surface area contributed by atoms with Crippen molar-refractivity contribution < 1.29 is 17.9 Å². The third-order valence-electron chi connectivity index (χ3n) is 2.72. The molecular weight excluding hydrogens is 290 g/mol. The predicted molar refractivity (Wildman–Crippen MR) is 82.2 cm³/mol. The molecule has 0 atom stereocenters. The van der Waals surface area contributed by atoms with E-state index in [0.717, 1.165) is 11.8 Å². The fourth-order valence-corrected chi connectivity index (χ4v) is 2.34. The first-order valence-corrected chi connectivity index (χ1v) is 8.19. The molecule has 2 rings (SSSR count). The van der Waals surface area contributed by atoms with E-state index in [1.54, 1.807) is 18.2 Å². The van der Waals surface area contributed by atoms with E-state index in [1.807, 2.05) is 30.3 Å². The minimum atomic E-state index is -3.39. The lowest BCUT2D eigenvalue weighted by molar-refractivity contribution is 0.307. The van der Waals surface area contributed by atoms with Crippen molar-refractivity contribution in [1.29, 1.82) is 0 Å². The topological polar surface area (TPSA) is 64.6 Å². The molecule has 21 heavy (non-hydrogen) atoms. The van der Waals surface area contributed by atoms with E-state index in [4.69, 9.17) is 9.47 Å². The highest BCUT2D eigenvalue weighted by Gasteiger charge is 2.10. The molecule has 0 aromatic heterocycles. The SMILES string of the molecule is COc1ccc(OCc2ccccc2)c(NS(C)(=O)=O)c1. The van der Waals surface area contributed by atoms with Gasteiger partial charge >= 0.3 is 0 Å². The Morgan fingerprint density at radius 1 is 1.10 bits per heavy atom. The summed E-state index contributed by atoms with van der Waals surface area (Å²) < 4.78 is 36.0. The van der Waals surface area contributed by atoms with Crippen molar-refractivity contribution >= 4 is 15.7 Å². The lowest BCUT2D eigenvalue weighted by Crippen LogP contribution is -2.11. The van der Waals surface area contributed by atoms with Crippen LogP contribution in [0.1, 0.15) is 5.56 Å². The van der Waals surface area contributed by atoms with Crippen LogP contribution in [-0.2, 0) is 16.6 Å². The van der Waals surface area contributed by atoms with Gasteiger partial charge in [0.2, 0.25) is 10.0 Å². The van der Waals surface area contributed by atoms with Gasteiger partial charge in [-0.1, -0.05) is 30.3 Å². The van der Waals surface area contributed by atoms with Crippen molar-refractivity contribution in [3.05, 3.63) is 54.1 Å². The number of hydrogen-bond donors (Lipinski definition) is 1. The van der Waals surface area contributed by atoms with Crippen LogP contribution in [0.2, 0.25) is 0 Å². The van der Waals surface area contributed by atoms with Crippen LogP contribution in [-0.4, -0.2) is 21.8 Å². The molecule has 0 aliphatic rings. The van der Waals surface area contributed by atoms with Gasteiger partial charge in [-0.2, -0.15) is 0 Å². The second kappa shape index (κ2) is 6.49. The molecule has 2 aromatic rings. The second-order valence-electron chi connectivity index (χ2n) is 4.51. The Bertz CT molecular complexity index is 699. The Labute approximate surface area is 124 Å². The maximum Gasteiger partial charge on any atom is 0.229 e. The van der Waals surface area contributed by atoms with E-state index < -0.39 is 10.0 Å². The van der Waals surface area contributed by atoms with Crippen LogP contribution >= 0.6 is 0 Å². The number of ether oxygens (including phenoxy) is 2. The monoisotopic (exact) mass is 307 g/mol. The van der Waals surface area contributed by atoms with E-state index >= 15 is 0 Å². The Hall–Kier alpha value is -2.21. The third-order valence-corrected chi connectivity index (χ3v) is 3.31. The van der Waals surface area contributed by atoms with Gasteiger partial charge in [-0.05, 0) is 17.7 Å². The summed E-state index contributed by atoms with van der Waals surface area (Å²) in [7, 11) is -1.88. The van der Waals surface area contributed by atoms with Gasteiger partial charge in [0, 0.05) is 6.07 Å². The van der Waals surface area contributed by atoms with E-state index in [1.165, 1.54) is 7.11 Å². The average molecular weight is 307 g/mol. The number of rotatable bonds is 6. The van der Waals surface area contributed by atoms with Crippen LogP contribution in [0.15, 0.2) is 48.5 Å². The molecule has 0 fully saturated rings. The van der Waals surface area contributed by atoms with Gasteiger partial charge in [-0.3, -0.25) is 4.72 Å². The molecular formula is C15H17NO4S. The first kappa shape index (κ1) is 15.2. The molecule has 0 saturated heterocycles. The van der Waals surface area contributed by atoms with E-state index in [0.29, 0.717) is 23.8 Å². The number of anilines is 1. The smallest absolute Gasteiger partial charge is 0.229 e. The van der Waals surface area contributed by atoms with Crippen molar-refractivity contribution in [3.8, 4) is 11.5 Å². The molecule has 0 bridgehead atoms. The van der Waals surface area contributed by atoms with Crippen LogP contribution < -0.4 is 14.2 Å². The highest BCUT2D eigenvalue weighted by atomic mass is 32.2. The normalized spacial score (nSPS) is 11.0. The van der Waals surface area contributed by atoms with Crippen LogP contribution in [0.3, 0.4) is 0 Å². The largest absolute Gasteiger partial charge is 0.497 e. The standard InChI is InChI=1S/C15H17NO4S/c1-19-13-8-9-15(14(10-13)16-21(2,17)18)20-11-12-6-4-3-5-7-12/h3-10,16H,11H2,1-2H3. The zero-order valence-electron chi connectivity index (χ0n) is 11.9. The molecule has 112 valence electrons. The van der Waals surface area contributed by atoms with Crippen LogP contribution in [0.4, 0.5) is 5.69 Å². The molecule has 0 saturated carbocycles. The first-order chi connectivity index (χ1) is 9.98. The van der Waals surface area contributed by atoms with Gasteiger partial charge in [-0.25, -0.2) is 8.42 Å². The summed E-state index contributed by atoms with van der Waals surface area (Å²) in [5, 5.41) is 0. The van der Waals surface area contributed by atoms with Gasteiger partial charge in [0.15, 0.2) is 0 Å². The summed E-state index contributed by atoms with van der Waals surface area (Å²) in [5.74, 6) is 0.998. The van der Waals surface area contributed by atoms with E-state index in [-0.39, 0.29) is 0 Å². The van der Waals surface area contributed by atoms with Gasteiger partial charge in [-0.15, -0.1) is 0 Å². The number of hydrogen-bond acceptors (Lipinski definition) is 4. The fraction of sp³-hybridized carbons (Fsp3) is 0.200. The Balaban J connectivity index is 2.21. The summed E-state index contributed by atoms with van der Waals surface area (Å²) >= 11 is 0. The van der Waals surface area contributed by atoms with Gasteiger partial charge in [0.1, 0.15) is 18.1 Å². The molecule has 5 nitrogen and oxygen atoms in total. The van der Waals surface area contributed by atoms with Crippen molar-refractivity contribution in [3.63, 3.8) is 0 Å². The minimum Gasteiger partial charge on any atom is -0.497 e. The molecule has 0 unspecified atom stereocenters. The van der Waals surface area contributed by atoms with Gasteiger partial charge < -0.3 is 9.47 Å². The minimum absolute atomic E-state index is 0.353. The zero-order valence-corrected chi connectivity index (χ0v) is 12.7. The first-order valence-electron chi connectivity index (χ1n) is 6.30. The Kier molecular flexibility index (Phi) is 4.70. The predicted octanol–water partition coefficient (Wildman–Crippen LogP) is 2.65. The lowest BCUT2D eigenvalue weighted by atomic mass is 10.2. The molecule has 2 aromatic carbocycles. The molecule has 0 aliphatic heterocycles. The molecule has 0 spiro atoms. The number of nitrogens with one attached hydrogen (secondary N) is 1. The average Bonchev–Trinajstić information content (AvgIpc) is 2.45. The van der Waals surface area contributed by atoms with Crippen molar-refractivity contribution in [2.24, 2.45) is 0 Å². The van der Waals surface area contributed by atoms with Crippen LogP contribution in [0.25, 0.3) is 0 Å². The maximum atomic E-state index is 11.4. The van der Waals surface area contributed by atoms with Crippen molar-refractivity contribution in [2.45, 2.75) is 6.61 Å². The van der Waals surface area contributed by atoms with Crippen molar-refractivity contribution in [1.82, 2.24) is 0 Å². The summed E-state index contributed by atoms with van der Waals surface area (Å²) in [6, 6.07) is 14.6. The maximum absolute atomic E-state index is 11.4. The molecule has 0 amide bonds. The Morgan fingerprint density at radius 2 is 1.81 bits per heavy atom. The molecule has 1 N–H and O–H groups in total. The summed E-state index contributed by atoms with van der Waals surface area (Å²) in [5.41, 5.74) is 1.35.